The largest absolute Gasteiger partial charge is 0.459 e. The van der Waals surface area contributed by atoms with Crippen LogP contribution in [-0.4, -0.2) is 48.5 Å². The van der Waals surface area contributed by atoms with Gasteiger partial charge in [-0.2, -0.15) is 4.98 Å². The number of aromatic nitrogens is 4. The maximum Gasteiger partial charge on any atom is 0.299 e. The van der Waals surface area contributed by atoms with E-state index in [1.165, 1.54) is 6.33 Å². The van der Waals surface area contributed by atoms with E-state index in [1.807, 2.05) is 4.57 Å². The molecule has 0 saturated heterocycles. The third-order valence-corrected chi connectivity index (χ3v) is 4.04. The van der Waals surface area contributed by atoms with Crippen molar-refractivity contribution in [3.05, 3.63) is 6.33 Å². The average molecular weight is 263 g/mol. The van der Waals surface area contributed by atoms with Crippen LogP contribution in [0.1, 0.15) is 12.5 Å². The van der Waals surface area contributed by atoms with Crippen molar-refractivity contribution in [3.63, 3.8) is 0 Å². The number of nitrogens with two attached hydrogens (primary N) is 1. The molecule has 3 heterocycles. The quantitative estimate of drug-likeness (QED) is 0.609. The van der Waals surface area contributed by atoms with Crippen molar-refractivity contribution in [2.24, 2.45) is 5.92 Å². The number of rotatable bonds is 1. The zero-order valence-electron chi connectivity index (χ0n) is 9.97. The van der Waals surface area contributed by atoms with Crippen LogP contribution in [0.3, 0.4) is 0 Å². The zero-order valence-corrected chi connectivity index (χ0v) is 9.97. The smallest absolute Gasteiger partial charge is 0.299 e. The van der Waals surface area contributed by atoms with E-state index < -0.39 is 6.10 Å². The van der Waals surface area contributed by atoms with Gasteiger partial charge < -0.3 is 20.7 Å². The van der Waals surface area contributed by atoms with Gasteiger partial charge in [-0.15, -0.1) is 0 Å². The second-order valence-corrected chi connectivity index (χ2v) is 4.99. The molecule has 1 aliphatic carbocycles. The van der Waals surface area contributed by atoms with Crippen LogP contribution in [0.4, 0.5) is 5.82 Å². The highest BCUT2D eigenvalue weighted by molar-refractivity contribution is 5.82. The summed E-state index contributed by atoms with van der Waals surface area (Å²) in [7, 11) is 0. The van der Waals surface area contributed by atoms with Crippen LogP contribution in [0.25, 0.3) is 11.2 Å². The van der Waals surface area contributed by atoms with E-state index in [9.17, 15) is 10.2 Å². The van der Waals surface area contributed by atoms with Crippen LogP contribution < -0.4 is 10.5 Å². The van der Waals surface area contributed by atoms with Crippen LogP contribution in [0, 0.1) is 5.92 Å². The number of nitrogens with zero attached hydrogens (tertiary/aromatic N) is 4. The Morgan fingerprint density at radius 2 is 2.32 bits per heavy atom. The highest BCUT2D eigenvalue weighted by Gasteiger charge is 2.50. The molecule has 0 bridgehead atoms. The molecule has 2 aromatic rings. The Labute approximate surface area is 107 Å². The van der Waals surface area contributed by atoms with E-state index in [0.717, 1.165) is 0 Å². The molecule has 4 atom stereocenters. The topological polar surface area (TPSA) is 119 Å². The van der Waals surface area contributed by atoms with Gasteiger partial charge in [0.05, 0.1) is 18.8 Å². The SMILES string of the molecule is Nc1ncnc2c1nc1n2[C@H]2C[C@H](O)[C@@H](CO)[C@H]2O1. The van der Waals surface area contributed by atoms with Crippen molar-refractivity contribution in [1.29, 1.82) is 0 Å². The highest BCUT2D eigenvalue weighted by Crippen LogP contribution is 2.46. The molecule has 0 spiro atoms. The summed E-state index contributed by atoms with van der Waals surface area (Å²) in [5, 5.41) is 19.3. The fourth-order valence-electron chi connectivity index (χ4n) is 3.11. The summed E-state index contributed by atoms with van der Waals surface area (Å²) in [5.41, 5.74) is 6.89. The Hall–Kier alpha value is -1.93. The van der Waals surface area contributed by atoms with E-state index >= 15 is 0 Å². The van der Waals surface area contributed by atoms with Crippen LogP contribution in [0.15, 0.2) is 6.33 Å². The minimum atomic E-state index is -0.579. The number of aliphatic hydroxyl groups is 2. The molecule has 100 valence electrons. The van der Waals surface area contributed by atoms with E-state index in [2.05, 4.69) is 15.0 Å². The lowest BCUT2D eigenvalue weighted by Crippen LogP contribution is -2.30. The first-order valence-corrected chi connectivity index (χ1v) is 6.14. The van der Waals surface area contributed by atoms with Crippen molar-refractivity contribution in [2.45, 2.75) is 24.7 Å². The molecule has 1 saturated carbocycles. The molecule has 2 aromatic heterocycles. The Bertz CT molecular complexity index is 657. The Morgan fingerprint density at radius 3 is 3.11 bits per heavy atom. The average Bonchev–Trinajstić information content (AvgIpc) is 2.98. The number of ether oxygens (including phenoxy) is 1. The van der Waals surface area contributed by atoms with Gasteiger partial charge >= 0.3 is 0 Å². The van der Waals surface area contributed by atoms with Crippen molar-refractivity contribution in [1.82, 2.24) is 19.5 Å². The summed E-state index contributed by atoms with van der Waals surface area (Å²) in [4.78, 5) is 12.4. The predicted octanol–water partition coefficient (Wildman–Crippen LogP) is -0.916. The molecule has 1 aliphatic heterocycles. The maximum absolute atomic E-state index is 9.95. The molecule has 19 heavy (non-hydrogen) atoms. The number of fused-ring (bicyclic) bond motifs is 5. The molecule has 4 N–H and O–H groups in total. The van der Waals surface area contributed by atoms with Gasteiger partial charge in [0.1, 0.15) is 12.4 Å². The molecule has 2 aliphatic rings. The van der Waals surface area contributed by atoms with Crippen LogP contribution >= 0.6 is 0 Å². The fourth-order valence-corrected chi connectivity index (χ4v) is 3.11. The minimum Gasteiger partial charge on any atom is -0.459 e. The van der Waals surface area contributed by atoms with Gasteiger partial charge in [-0.05, 0) is 6.42 Å². The van der Waals surface area contributed by atoms with E-state index in [4.69, 9.17) is 10.5 Å². The molecule has 0 aromatic carbocycles. The number of aliphatic hydroxyl groups excluding tert-OH is 2. The van der Waals surface area contributed by atoms with Gasteiger partial charge in [0, 0.05) is 5.92 Å². The lowest BCUT2D eigenvalue weighted by molar-refractivity contribution is 0.0412. The second kappa shape index (κ2) is 3.55. The molecule has 8 nitrogen and oxygen atoms in total. The van der Waals surface area contributed by atoms with Gasteiger partial charge in [0.25, 0.3) is 6.01 Å². The summed E-state index contributed by atoms with van der Waals surface area (Å²) < 4.78 is 7.60. The van der Waals surface area contributed by atoms with Crippen LogP contribution in [0.5, 0.6) is 6.01 Å². The molecular formula is C11H13N5O3. The summed E-state index contributed by atoms with van der Waals surface area (Å²) >= 11 is 0. The number of anilines is 1. The Balaban J connectivity index is 1.87. The van der Waals surface area contributed by atoms with E-state index in [1.54, 1.807) is 0 Å². The lowest BCUT2D eigenvalue weighted by atomic mass is 10.1. The first kappa shape index (κ1) is 10.9. The van der Waals surface area contributed by atoms with E-state index in [0.29, 0.717) is 29.4 Å². The Kier molecular flexibility index (Phi) is 2.04. The van der Waals surface area contributed by atoms with Gasteiger partial charge in [0.15, 0.2) is 17.0 Å². The second-order valence-electron chi connectivity index (χ2n) is 4.99. The standard InChI is InChI=1S/C11H13N5O3/c12-9-7-10(14-3-13-9)16-5-1-6(18)4(2-17)8(5)19-11(16)15-7/h3-6,8,17-18H,1-2H2,(H2,12,13,14)/t4-,5+,6+,8-/m1/s1. The zero-order chi connectivity index (χ0) is 13.1. The first-order valence-electron chi connectivity index (χ1n) is 6.14. The van der Waals surface area contributed by atoms with Crippen molar-refractivity contribution >= 4 is 17.0 Å². The third-order valence-electron chi connectivity index (χ3n) is 4.04. The van der Waals surface area contributed by atoms with Crippen molar-refractivity contribution < 1.29 is 14.9 Å². The number of nitrogen functional groups attached to an aromatic ring is 1. The summed E-state index contributed by atoms with van der Waals surface area (Å²) in [6.45, 7) is -0.109. The monoisotopic (exact) mass is 263 g/mol. The normalized spacial score (nSPS) is 32.3. The number of imidazole rings is 1. The minimum absolute atomic E-state index is 0.0681. The van der Waals surface area contributed by atoms with Crippen LogP contribution in [-0.2, 0) is 0 Å². The fraction of sp³-hybridized carbons (Fsp3) is 0.545. The first-order chi connectivity index (χ1) is 9.20. The Morgan fingerprint density at radius 1 is 1.47 bits per heavy atom. The summed E-state index contributed by atoms with van der Waals surface area (Å²) in [6.07, 6.45) is 1.06. The van der Waals surface area contributed by atoms with Crippen LogP contribution in [0.2, 0.25) is 0 Å². The van der Waals surface area contributed by atoms with Gasteiger partial charge in [-0.25, -0.2) is 9.97 Å². The summed E-state index contributed by atoms with van der Waals surface area (Å²) in [6, 6.07) is 0.365. The number of hydrogen-bond donors (Lipinski definition) is 3. The molecule has 0 amide bonds. The molecule has 0 unspecified atom stereocenters. The third kappa shape index (κ3) is 1.27. The summed E-state index contributed by atoms with van der Waals surface area (Å²) in [5.74, 6) is 0.0187. The molecule has 4 rings (SSSR count). The van der Waals surface area contributed by atoms with Gasteiger partial charge in [-0.1, -0.05) is 0 Å². The lowest BCUT2D eigenvalue weighted by Gasteiger charge is -2.17. The van der Waals surface area contributed by atoms with Crippen molar-refractivity contribution in [3.8, 4) is 6.01 Å². The molecular weight excluding hydrogens is 250 g/mol. The van der Waals surface area contributed by atoms with E-state index in [-0.39, 0.29) is 24.7 Å². The van der Waals surface area contributed by atoms with Gasteiger partial charge in [0.2, 0.25) is 0 Å². The van der Waals surface area contributed by atoms with Gasteiger partial charge in [-0.3, -0.25) is 4.57 Å². The maximum atomic E-state index is 9.95. The van der Waals surface area contributed by atoms with Crippen molar-refractivity contribution in [2.75, 3.05) is 12.3 Å². The molecule has 1 fully saturated rings. The predicted molar refractivity (Wildman–Crippen MR) is 64.4 cm³/mol. The highest BCUT2D eigenvalue weighted by atomic mass is 16.5. The molecule has 0 radical (unpaired) electrons. The molecule has 8 heteroatoms. The number of hydrogen-bond acceptors (Lipinski definition) is 7.